The lowest BCUT2D eigenvalue weighted by molar-refractivity contribution is -0.893. The van der Waals surface area contributed by atoms with E-state index in [-0.39, 0.29) is 25.6 Å². The SMILES string of the molecule is CCCCCCCCCCCCCCCCCC[N+](C)(C)CC(C)C[Si](OC)(OC)OCCO.[Cl-]. The van der Waals surface area contributed by atoms with E-state index in [4.69, 9.17) is 18.4 Å². The molecule has 1 unspecified atom stereocenters. The van der Waals surface area contributed by atoms with E-state index >= 15 is 0 Å². The molecular formula is C28H62ClNO4Si. The lowest BCUT2D eigenvalue weighted by atomic mass is 10.0. The Bertz CT molecular complexity index is 439. The van der Waals surface area contributed by atoms with Gasteiger partial charge in [-0.1, -0.05) is 104 Å². The fraction of sp³-hybridized carbons (Fsp3) is 1.00. The minimum absolute atomic E-state index is 0. The van der Waals surface area contributed by atoms with E-state index in [0.717, 1.165) is 17.1 Å². The zero-order valence-corrected chi connectivity index (χ0v) is 26.2. The number of rotatable bonds is 26. The van der Waals surface area contributed by atoms with E-state index in [0.29, 0.717) is 5.92 Å². The van der Waals surface area contributed by atoms with E-state index in [1.807, 2.05) is 0 Å². The van der Waals surface area contributed by atoms with Crippen molar-refractivity contribution in [3.8, 4) is 0 Å². The third-order valence-electron chi connectivity index (χ3n) is 7.06. The molecule has 0 heterocycles. The molecule has 0 saturated carbocycles. The first-order valence-electron chi connectivity index (χ1n) is 14.5. The maximum atomic E-state index is 9.09. The number of nitrogens with zero attached hydrogens (tertiary/aromatic N) is 1. The second-order valence-electron chi connectivity index (χ2n) is 11.1. The first kappa shape index (κ1) is 37.5. The number of hydrogen-bond donors (Lipinski definition) is 1. The van der Waals surface area contributed by atoms with Gasteiger partial charge in [-0.3, -0.25) is 0 Å². The van der Waals surface area contributed by atoms with Gasteiger partial charge in [-0.25, -0.2) is 0 Å². The van der Waals surface area contributed by atoms with Crippen LogP contribution < -0.4 is 12.4 Å². The van der Waals surface area contributed by atoms with Gasteiger partial charge in [0.05, 0.1) is 40.4 Å². The number of halogens is 1. The summed E-state index contributed by atoms with van der Waals surface area (Å²) >= 11 is 0. The van der Waals surface area contributed by atoms with Gasteiger partial charge in [-0.2, -0.15) is 0 Å². The topological polar surface area (TPSA) is 47.9 Å². The molecule has 0 rings (SSSR count). The molecule has 1 N–H and O–H groups in total. The Kier molecular flexibility index (Phi) is 26.4. The number of unbranched alkanes of at least 4 members (excludes halogenated alkanes) is 15. The van der Waals surface area contributed by atoms with Gasteiger partial charge < -0.3 is 35.3 Å². The standard InChI is InChI=1S/C28H62NO4Si.ClH/c1-7-8-9-10-11-12-13-14-15-16-17-18-19-20-21-22-23-29(3,4)26-28(2)27-34(31-5,32-6)33-25-24-30;/h28,30H,7-27H2,1-6H3;1H/q+1;/p-1. The normalized spacial score (nSPS) is 13.1. The van der Waals surface area contributed by atoms with Gasteiger partial charge in [-0.15, -0.1) is 0 Å². The second-order valence-corrected chi connectivity index (χ2v) is 14.0. The summed E-state index contributed by atoms with van der Waals surface area (Å²) in [6.45, 7) is 7.13. The molecule has 0 bridgehead atoms. The van der Waals surface area contributed by atoms with Crippen molar-refractivity contribution in [2.45, 2.75) is 123 Å². The molecule has 0 saturated heterocycles. The molecule has 35 heavy (non-hydrogen) atoms. The van der Waals surface area contributed by atoms with E-state index in [1.54, 1.807) is 14.2 Å². The molecule has 0 fully saturated rings. The van der Waals surface area contributed by atoms with Crippen molar-refractivity contribution >= 4 is 8.80 Å². The summed E-state index contributed by atoms with van der Waals surface area (Å²) in [5.74, 6) is 0.446. The molecule has 0 radical (unpaired) electrons. The van der Waals surface area contributed by atoms with E-state index in [1.165, 1.54) is 109 Å². The Labute approximate surface area is 227 Å². The number of aliphatic hydroxyl groups excluding tert-OH is 1. The predicted octanol–water partition coefficient (Wildman–Crippen LogP) is 4.21. The largest absolute Gasteiger partial charge is 1.00 e. The number of hydrogen-bond acceptors (Lipinski definition) is 4. The highest BCUT2D eigenvalue weighted by molar-refractivity contribution is 6.60. The Balaban J connectivity index is 0. The van der Waals surface area contributed by atoms with Gasteiger partial charge >= 0.3 is 8.80 Å². The summed E-state index contributed by atoms with van der Waals surface area (Å²) in [5.41, 5.74) is 0. The van der Waals surface area contributed by atoms with Crippen LogP contribution in [0.25, 0.3) is 0 Å². The molecule has 0 aliphatic rings. The van der Waals surface area contributed by atoms with Crippen LogP contribution in [-0.2, 0) is 13.3 Å². The smallest absolute Gasteiger partial charge is 0.500 e. The van der Waals surface area contributed by atoms with Crippen molar-refractivity contribution in [3.05, 3.63) is 0 Å². The fourth-order valence-corrected chi connectivity index (χ4v) is 7.38. The predicted molar refractivity (Wildman–Crippen MR) is 148 cm³/mol. The molecule has 0 amide bonds. The van der Waals surface area contributed by atoms with Crippen molar-refractivity contribution in [1.82, 2.24) is 0 Å². The van der Waals surface area contributed by atoms with E-state index < -0.39 is 8.80 Å². The van der Waals surface area contributed by atoms with Crippen molar-refractivity contribution < 1.29 is 35.3 Å². The van der Waals surface area contributed by atoms with Crippen molar-refractivity contribution in [1.29, 1.82) is 0 Å². The lowest BCUT2D eigenvalue weighted by Gasteiger charge is -2.35. The Morgan fingerprint density at radius 3 is 1.49 bits per heavy atom. The zero-order valence-electron chi connectivity index (χ0n) is 24.4. The Morgan fingerprint density at radius 1 is 0.714 bits per heavy atom. The van der Waals surface area contributed by atoms with Crippen LogP contribution in [-0.4, -0.2) is 73.0 Å². The molecule has 5 nitrogen and oxygen atoms in total. The first-order chi connectivity index (χ1) is 16.3. The van der Waals surface area contributed by atoms with E-state index in [2.05, 4.69) is 27.9 Å². The molecule has 0 aromatic heterocycles. The summed E-state index contributed by atoms with van der Waals surface area (Å²) in [6, 6.07) is 0.792. The van der Waals surface area contributed by atoms with Crippen molar-refractivity contribution in [2.24, 2.45) is 5.92 Å². The van der Waals surface area contributed by atoms with Crippen molar-refractivity contribution in [2.75, 3.05) is 54.6 Å². The molecule has 7 heteroatoms. The maximum Gasteiger partial charge on any atom is 0.500 e. The monoisotopic (exact) mass is 539 g/mol. The van der Waals surface area contributed by atoms with Crippen LogP contribution >= 0.6 is 0 Å². The van der Waals surface area contributed by atoms with Gasteiger partial charge in [0.15, 0.2) is 0 Å². The van der Waals surface area contributed by atoms with Crippen LogP contribution in [0.5, 0.6) is 0 Å². The van der Waals surface area contributed by atoms with Gasteiger partial charge in [-0.05, 0) is 12.8 Å². The summed E-state index contributed by atoms with van der Waals surface area (Å²) in [6.07, 6.45) is 22.6. The third kappa shape index (κ3) is 22.0. The van der Waals surface area contributed by atoms with Gasteiger partial charge in [0.1, 0.15) is 0 Å². The molecule has 0 spiro atoms. The second kappa shape index (κ2) is 24.6. The molecule has 214 valence electrons. The van der Waals surface area contributed by atoms with Gasteiger partial charge in [0.2, 0.25) is 0 Å². The van der Waals surface area contributed by atoms with Gasteiger partial charge in [0.25, 0.3) is 0 Å². The van der Waals surface area contributed by atoms with Crippen LogP contribution in [0.2, 0.25) is 6.04 Å². The minimum Gasteiger partial charge on any atom is -1.00 e. The van der Waals surface area contributed by atoms with Gasteiger partial charge in [0, 0.05) is 26.2 Å². The highest BCUT2D eigenvalue weighted by Crippen LogP contribution is 2.22. The average Bonchev–Trinajstić information content (AvgIpc) is 2.81. The molecule has 0 aliphatic heterocycles. The Morgan fingerprint density at radius 2 is 1.11 bits per heavy atom. The van der Waals surface area contributed by atoms with Crippen LogP contribution in [0.3, 0.4) is 0 Å². The van der Waals surface area contributed by atoms with Crippen LogP contribution in [0.4, 0.5) is 0 Å². The minimum atomic E-state index is -2.67. The third-order valence-corrected chi connectivity index (χ3v) is 10.1. The number of quaternary nitrogens is 1. The zero-order chi connectivity index (χ0) is 25.5. The van der Waals surface area contributed by atoms with E-state index in [9.17, 15) is 0 Å². The summed E-state index contributed by atoms with van der Waals surface area (Å²) in [5, 5.41) is 9.09. The van der Waals surface area contributed by atoms with Crippen LogP contribution in [0, 0.1) is 5.92 Å². The van der Waals surface area contributed by atoms with Crippen LogP contribution in [0.1, 0.15) is 117 Å². The fourth-order valence-electron chi connectivity index (χ4n) is 5.14. The summed E-state index contributed by atoms with van der Waals surface area (Å²) < 4.78 is 18.1. The highest BCUT2D eigenvalue weighted by Gasteiger charge is 2.41. The highest BCUT2D eigenvalue weighted by atomic mass is 35.5. The molecule has 1 atom stereocenters. The first-order valence-corrected chi connectivity index (χ1v) is 16.4. The van der Waals surface area contributed by atoms with Crippen molar-refractivity contribution in [3.63, 3.8) is 0 Å². The summed E-state index contributed by atoms with van der Waals surface area (Å²) in [7, 11) is 5.32. The molecular weight excluding hydrogens is 478 g/mol. The summed E-state index contributed by atoms with van der Waals surface area (Å²) in [4.78, 5) is 0. The number of aliphatic hydroxyl groups is 1. The average molecular weight is 540 g/mol. The molecule has 0 aromatic carbocycles. The lowest BCUT2D eigenvalue weighted by Crippen LogP contribution is -3.00. The molecule has 0 aromatic rings. The molecule has 0 aliphatic carbocycles. The maximum absolute atomic E-state index is 9.09. The quantitative estimate of drug-likeness (QED) is 0.102. The van der Waals surface area contributed by atoms with Crippen LogP contribution in [0.15, 0.2) is 0 Å². The Hall–Kier alpha value is 0.307.